The molecule has 3 fully saturated rings. The Hall–Kier alpha value is -1.70. The molecule has 0 spiro atoms. The molecule has 31 heavy (non-hydrogen) atoms. The molecule has 8 heteroatoms. The summed E-state index contributed by atoms with van der Waals surface area (Å²) < 4.78 is 0. The van der Waals surface area contributed by atoms with Gasteiger partial charge in [-0.15, -0.1) is 0 Å². The van der Waals surface area contributed by atoms with Crippen molar-refractivity contribution < 1.29 is 14.4 Å². The Labute approximate surface area is 201 Å². The Kier molecular flexibility index (Phi) is 5.26. The average molecular weight is 567 g/mol. The quantitative estimate of drug-likeness (QED) is 0.411. The first-order valence-electron chi connectivity index (χ1n) is 10.1. The second-order valence-electron chi connectivity index (χ2n) is 8.48. The van der Waals surface area contributed by atoms with Crippen LogP contribution in [0.2, 0.25) is 5.02 Å². The van der Waals surface area contributed by atoms with Crippen molar-refractivity contribution in [2.45, 2.75) is 23.0 Å². The number of nitrogens with one attached hydrogen (secondary N) is 1. The maximum Gasteiger partial charge on any atom is 0.255 e. The van der Waals surface area contributed by atoms with Gasteiger partial charge in [-0.2, -0.15) is 0 Å². The van der Waals surface area contributed by atoms with Crippen LogP contribution in [0.4, 0.5) is 11.4 Å². The molecule has 2 bridgehead atoms. The van der Waals surface area contributed by atoms with E-state index in [0.29, 0.717) is 22.0 Å². The molecule has 1 aliphatic heterocycles. The van der Waals surface area contributed by atoms with E-state index in [4.69, 9.17) is 11.6 Å². The molecule has 2 saturated carbocycles. The molecule has 3 aliphatic rings. The van der Waals surface area contributed by atoms with Gasteiger partial charge in [0, 0.05) is 25.9 Å². The number of benzene rings is 2. The zero-order chi connectivity index (χ0) is 22.0. The second kappa shape index (κ2) is 7.71. The number of amides is 3. The Morgan fingerprint density at radius 1 is 1.03 bits per heavy atom. The SMILES string of the molecule is Cc1ccc(Cl)cc1NC(=O)c1cccc(N2C(=O)[C@@H]3[C@H]4C[C@@H]([C@H](Br)[C@H]4Br)[C@@H]3C2=O)c1. The van der Waals surface area contributed by atoms with Crippen molar-refractivity contribution in [1.29, 1.82) is 0 Å². The summed E-state index contributed by atoms with van der Waals surface area (Å²) in [6, 6.07) is 11.9. The molecule has 6 atom stereocenters. The van der Waals surface area contributed by atoms with Gasteiger partial charge in [0.1, 0.15) is 0 Å². The van der Waals surface area contributed by atoms with E-state index in [-0.39, 0.29) is 51.0 Å². The summed E-state index contributed by atoms with van der Waals surface area (Å²) >= 11 is 13.5. The number of hydrogen-bond donors (Lipinski definition) is 1. The van der Waals surface area contributed by atoms with Crippen LogP contribution in [-0.4, -0.2) is 27.4 Å². The van der Waals surface area contributed by atoms with E-state index >= 15 is 0 Å². The average Bonchev–Trinajstić information content (AvgIpc) is 3.35. The van der Waals surface area contributed by atoms with Crippen molar-refractivity contribution in [2.75, 3.05) is 10.2 Å². The zero-order valence-corrected chi connectivity index (χ0v) is 20.4. The molecule has 5 rings (SSSR count). The first-order valence-corrected chi connectivity index (χ1v) is 12.3. The van der Waals surface area contributed by atoms with Crippen molar-refractivity contribution in [1.82, 2.24) is 0 Å². The van der Waals surface area contributed by atoms with Crippen LogP contribution in [0.5, 0.6) is 0 Å². The number of fused-ring (bicyclic) bond motifs is 5. The second-order valence-corrected chi connectivity index (χ2v) is 11.0. The van der Waals surface area contributed by atoms with Crippen LogP contribution in [0.1, 0.15) is 22.3 Å². The summed E-state index contributed by atoms with van der Waals surface area (Å²) in [7, 11) is 0. The highest BCUT2D eigenvalue weighted by molar-refractivity contribution is 9.12. The predicted octanol–water partition coefficient (Wildman–Crippen LogP) is 5.18. The van der Waals surface area contributed by atoms with Gasteiger partial charge in [0.2, 0.25) is 11.8 Å². The third-order valence-corrected chi connectivity index (χ3v) is 10.2. The van der Waals surface area contributed by atoms with Crippen LogP contribution in [0.15, 0.2) is 42.5 Å². The van der Waals surface area contributed by atoms with Crippen molar-refractivity contribution in [3.05, 3.63) is 58.6 Å². The summed E-state index contributed by atoms with van der Waals surface area (Å²) in [5, 5.41) is 3.39. The molecule has 2 aliphatic carbocycles. The van der Waals surface area contributed by atoms with Crippen molar-refractivity contribution in [2.24, 2.45) is 23.7 Å². The van der Waals surface area contributed by atoms with Gasteiger partial charge < -0.3 is 5.32 Å². The van der Waals surface area contributed by atoms with Crippen LogP contribution in [0, 0.1) is 30.6 Å². The fourth-order valence-corrected chi connectivity index (χ4v) is 7.36. The highest BCUT2D eigenvalue weighted by Crippen LogP contribution is 2.60. The molecule has 2 aromatic carbocycles. The molecule has 2 aromatic rings. The molecule has 0 unspecified atom stereocenters. The molecule has 1 heterocycles. The third kappa shape index (κ3) is 3.28. The molecule has 5 nitrogen and oxygen atoms in total. The minimum atomic E-state index is -0.326. The van der Waals surface area contributed by atoms with E-state index in [2.05, 4.69) is 37.2 Å². The lowest BCUT2D eigenvalue weighted by Crippen LogP contribution is -2.37. The van der Waals surface area contributed by atoms with Gasteiger partial charge >= 0.3 is 0 Å². The van der Waals surface area contributed by atoms with Crippen molar-refractivity contribution >= 4 is 72.6 Å². The fourth-order valence-electron chi connectivity index (χ4n) is 5.31. The first kappa shape index (κ1) is 21.2. The monoisotopic (exact) mass is 564 g/mol. The van der Waals surface area contributed by atoms with Gasteiger partial charge in [-0.25, -0.2) is 0 Å². The summed E-state index contributed by atoms with van der Waals surface area (Å²) in [6.07, 6.45) is 0.883. The minimum absolute atomic E-state index is 0.151. The molecule has 1 saturated heterocycles. The molecular formula is C23H19Br2ClN2O3. The Balaban J connectivity index is 1.42. The van der Waals surface area contributed by atoms with E-state index in [1.54, 1.807) is 36.4 Å². The number of rotatable bonds is 3. The highest BCUT2D eigenvalue weighted by atomic mass is 79.9. The van der Waals surface area contributed by atoms with Crippen molar-refractivity contribution in [3.8, 4) is 0 Å². The molecule has 0 aromatic heterocycles. The van der Waals surface area contributed by atoms with Crippen LogP contribution in [-0.2, 0) is 9.59 Å². The Bertz CT molecular complexity index is 1090. The first-order chi connectivity index (χ1) is 14.8. The van der Waals surface area contributed by atoms with Gasteiger partial charge in [0.25, 0.3) is 5.91 Å². The minimum Gasteiger partial charge on any atom is -0.322 e. The number of carbonyl (C=O) groups is 3. The standard InChI is InChI=1S/C23H19Br2ClN2O3/c1-10-5-6-12(26)8-16(10)27-21(29)11-3-2-4-13(7-11)28-22(30)17-14-9-15(18(17)23(28)31)20(25)19(14)24/h2-8,14-15,17-20H,9H2,1H3,(H,27,29)/t14-,15-,17-,18+,19+,20+/m1/s1. The molecule has 160 valence electrons. The van der Waals surface area contributed by atoms with E-state index in [9.17, 15) is 14.4 Å². The predicted molar refractivity (Wildman–Crippen MR) is 127 cm³/mol. The summed E-state index contributed by atoms with van der Waals surface area (Å²) in [6.45, 7) is 1.88. The fraction of sp³-hybridized carbons (Fsp3) is 0.348. The normalized spacial score (nSPS) is 31.3. The third-order valence-electron chi connectivity index (χ3n) is 6.80. The van der Waals surface area contributed by atoms with E-state index in [1.165, 1.54) is 4.90 Å². The smallest absolute Gasteiger partial charge is 0.255 e. The number of carbonyl (C=O) groups excluding carboxylic acids is 3. The Morgan fingerprint density at radius 2 is 1.68 bits per heavy atom. The number of anilines is 2. The lowest BCUT2D eigenvalue weighted by atomic mass is 9.81. The van der Waals surface area contributed by atoms with Gasteiger partial charge in [0.15, 0.2) is 0 Å². The van der Waals surface area contributed by atoms with E-state index in [1.807, 2.05) is 13.0 Å². The maximum atomic E-state index is 13.2. The number of alkyl halides is 2. The lowest BCUT2D eigenvalue weighted by Gasteiger charge is -2.28. The number of aryl methyl sites for hydroxylation is 1. The molecule has 0 radical (unpaired) electrons. The summed E-state index contributed by atoms with van der Waals surface area (Å²) in [4.78, 5) is 41.0. The Morgan fingerprint density at radius 3 is 2.32 bits per heavy atom. The zero-order valence-electron chi connectivity index (χ0n) is 16.5. The highest BCUT2D eigenvalue weighted by Gasteiger charge is 2.66. The lowest BCUT2D eigenvalue weighted by molar-refractivity contribution is -0.123. The van der Waals surface area contributed by atoms with Crippen LogP contribution < -0.4 is 10.2 Å². The van der Waals surface area contributed by atoms with E-state index in [0.717, 1.165) is 12.0 Å². The summed E-state index contributed by atoms with van der Waals surface area (Å²) in [5.41, 5.74) is 2.32. The molecule has 3 amide bonds. The van der Waals surface area contributed by atoms with Gasteiger partial charge in [0.05, 0.1) is 17.5 Å². The largest absolute Gasteiger partial charge is 0.322 e. The topological polar surface area (TPSA) is 66.5 Å². The van der Waals surface area contributed by atoms with Crippen molar-refractivity contribution in [3.63, 3.8) is 0 Å². The maximum absolute atomic E-state index is 13.2. The number of nitrogens with zero attached hydrogens (tertiary/aromatic N) is 1. The van der Waals surface area contributed by atoms with E-state index < -0.39 is 0 Å². The molecule has 1 N–H and O–H groups in total. The van der Waals surface area contributed by atoms with Gasteiger partial charge in [-0.3, -0.25) is 19.3 Å². The van der Waals surface area contributed by atoms with Gasteiger partial charge in [-0.1, -0.05) is 55.6 Å². The number of imide groups is 1. The van der Waals surface area contributed by atoms with Crippen LogP contribution in [0.3, 0.4) is 0 Å². The van der Waals surface area contributed by atoms with Gasteiger partial charge in [-0.05, 0) is 61.1 Å². The van der Waals surface area contributed by atoms with Crippen LogP contribution >= 0.6 is 43.5 Å². The van der Waals surface area contributed by atoms with Crippen LogP contribution in [0.25, 0.3) is 0 Å². The molecular weight excluding hydrogens is 548 g/mol. The number of hydrogen-bond acceptors (Lipinski definition) is 3. The summed E-state index contributed by atoms with van der Waals surface area (Å²) in [5.74, 6) is -0.919. The number of halogens is 3.